The first-order chi connectivity index (χ1) is 15.2. The first kappa shape index (κ1) is 21.6. The summed E-state index contributed by atoms with van der Waals surface area (Å²) in [5, 5.41) is 3.97. The topological polar surface area (TPSA) is 98.4 Å². The van der Waals surface area contributed by atoms with Crippen LogP contribution < -0.4 is 10.0 Å². The highest BCUT2D eigenvalue weighted by Crippen LogP contribution is 2.31. The van der Waals surface area contributed by atoms with Gasteiger partial charge in [0, 0.05) is 23.0 Å². The Morgan fingerprint density at radius 1 is 1.09 bits per heavy atom. The molecular weight excluding hydrogens is 428 g/mol. The smallest absolute Gasteiger partial charge is 0.419 e. The molecule has 9 heteroatoms. The number of rotatable bonds is 5. The third-order valence-corrected chi connectivity index (χ3v) is 4.94. The van der Waals surface area contributed by atoms with Crippen LogP contribution in [0.2, 0.25) is 0 Å². The second-order valence-electron chi connectivity index (χ2n) is 8.20. The number of carbonyl (C=O) groups is 1. The van der Waals surface area contributed by atoms with E-state index in [2.05, 4.69) is 15.0 Å². The number of hydrogen-bond donors (Lipinski definition) is 2. The normalized spacial score (nSPS) is 12.5. The molecule has 0 bridgehead atoms. The zero-order valence-corrected chi connectivity index (χ0v) is 19.0. The van der Waals surface area contributed by atoms with Crippen LogP contribution in [-0.4, -0.2) is 31.7 Å². The molecular formula is C23H24N4O4S. The second kappa shape index (κ2) is 8.51. The summed E-state index contributed by atoms with van der Waals surface area (Å²) in [5.74, 6) is 0.415. The summed E-state index contributed by atoms with van der Waals surface area (Å²) in [6.45, 7) is 5.47. The fraction of sp³-hybridized carbons (Fsp3) is 0.217. The second-order valence-corrected chi connectivity index (χ2v) is 9.31. The van der Waals surface area contributed by atoms with Gasteiger partial charge in [-0.05, 0) is 51.1 Å². The van der Waals surface area contributed by atoms with E-state index < -0.39 is 22.7 Å². The Hall–Kier alpha value is -3.59. The van der Waals surface area contributed by atoms with Crippen molar-refractivity contribution in [1.82, 2.24) is 9.55 Å². The van der Waals surface area contributed by atoms with Crippen molar-refractivity contribution in [1.29, 1.82) is 0 Å². The van der Waals surface area contributed by atoms with Crippen molar-refractivity contribution >= 4 is 45.4 Å². The number of ether oxygens (including phenoxy) is 1. The maximum atomic E-state index is 13.0. The van der Waals surface area contributed by atoms with Gasteiger partial charge in [-0.25, -0.2) is 18.6 Å². The monoisotopic (exact) mass is 452 g/mol. The van der Waals surface area contributed by atoms with Gasteiger partial charge < -0.3 is 19.2 Å². The number of aromatic nitrogens is 2. The minimum atomic E-state index is -1.18. The maximum Gasteiger partial charge on any atom is 0.419 e. The fourth-order valence-corrected chi connectivity index (χ4v) is 3.70. The number of para-hydroxylation sites is 1. The number of fused-ring (bicyclic) bond motifs is 1. The van der Waals surface area contributed by atoms with Crippen molar-refractivity contribution in [2.75, 3.05) is 16.3 Å². The van der Waals surface area contributed by atoms with Gasteiger partial charge in [0.1, 0.15) is 16.6 Å². The molecule has 0 aliphatic rings. The summed E-state index contributed by atoms with van der Waals surface area (Å²) in [5.41, 5.74) is 2.02. The quantitative estimate of drug-likeness (QED) is 0.413. The SMILES string of the molecule is CS(=O)Nc1cccc(Nc2ncc(-c3cc4ccccc4n3C(=O)OC(C)(C)C)o2)c1. The highest BCUT2D eigenvalue weighted by molar-refractivity contribution is 7.85. The van der Waals surface area contributed by atoms with E-state index in [0.29, 0.717) is 28.3 Å². The molecule has 4 rings (SSSR count). The molecule has 0 saturated carbocycles. The largest absolute Gasteiger partial charge is 0.443 e. The van der Waals surface area contributed by atoms with Crippen molar-refractivity contribution in [3.8, 4) is 11.5 Å². The molecule has 0 fully saturated rings. The number of nitrogens with one attached hydrogen (secondary N) is 2. The lowest BCUT2D eigenvalue weighted by atomic mass is 10.2. The molecule has 32 heavy (non-hydrogen) atoms. The zero-order valence-electron chi connectivity index (χ0n) is 18.2. The molecule has 2 N–H and O–H groups in total. The number of hydrogen-bond acceptors (Lipinski definition) is 6. The van der Waals surface area contributed by atoms with Gasteiger partial charge in [0.2, 0.25) is 0 Å². The van der Waals surface area contributed by atoms with Crippen LogP contribution in [0.25, 0.3) is 22.4 Å². The molecule has 0 radical (unpaired) electrons. The molecule has 4 aromatic rings. The third kappa shape index (κ3) is 4.83. The van der Waals surface area contributed by atoms with Crippen molar-refractivity contribution in [3.05, 3.63) is 60.8 Å². The first-order valence-electron chi connectivity index (χ1n) is 9.97. The van der Waals surface area contributed by atoms with Crippen LogP contribution in [0.3, 0.4) is 0 Å². The molecule has 0 amide bonds. The summed E-state index contributed by atoms with van der Waals surface area (Å²) >= 11 is 0. The molecule has 0 spiro atoms. The average Bonchev–Trinajstić information content (AvgIpc) is 3.30. The molecule has 1 atom stereocenters. The predicted octanol–water partition coefficient (Wildman–Crippen LogP) is 5.53. The molecule has 166 valence electrons. The highest BCUT2D eigenvalue weighted by atomic mass is 32.2. The van der Waals surface area contributed by atoms with E-state index in [1.807, 2.05) is 69.3 Å². The van der Waals surface area contributed by atoms with Crippen molar-refractivity contribution in [2.24, 2.45) is 0 Å². The van der Waals surface area contributed by atoms with Crippen molar-refractivity contribution in [2.45, 2.75) is 26.4 Å². The number of oxazole rings is 1. The Labute approximate surface area is 188 Å². The van der Waals surface area contributed by atoms with Crippen LogP contribution >= 0.6 is 0 Å². The molecule has 0 aliphatic carbocycles. The van der Waals surface area contributed by atoms with Gasteiger partial charge in [-0.15, -0.1) is 0 Å². The van der Waals surface area contributed by atoms with Crippen molar-refractivity contribution < 1.29 is 18.2 Å². The summed E-state index contributed by atoms with van der Waals surface area (Å²) in [6.07, 6.45) is 2.62. The van der Waals surface area contributed by atoms with Crippen LogP contribution in [0.15, 0.2) is 65.2 Å². The molecule has 0 saturated heterocycles. The van der Waals surface area contributed by atoms with E-state index in [9.17, 15) is 9.00 Å². The average molecular weight is 453 g/mol. The van der Waals surface area contributed by atoms with E-state index in [1.165, 1.54) is 4.57 Å². The molecule has 8 nitrogen and oxygen atoms in total. The lowest BCUT2D eigenvalue weighted by molar-refractivity contribution is 0.0546. The Balaban J connectivity index is 1.67. The Kier molecular flexibility index (Phi) is 5.75. The Morgan fingerprint density at radius 3 is 2.59 bits per heavy atom. The Bertz CT molecular complexity index is 1300. The maximum absolute atomic E-state index is 13.0. The van der Waals surface area contributed by atoms with Gasteiger partial charge in [-0.1, -0.05) is 24.3 Å². The summed E-state index contributed by atoms with van der Waals surface area (Å²) in [4.78, 5) is 17.3. The third-order valence-electron chi connectivity index (χ3n) is 4.42. The minimum absolute atomic E-state index is 0.260. The molecule has 0 aliphatic heterocycles. The van der Waals surface area contributed by atoms with Crippen LogP contribution in [0, 0.1) is 0 Å². The number of anilines is 3. The zero-order chi connectivity index (χ0) is 22.9. The van der Waals surface area contributed by atoms with Crippen LogP contribution in [0.1, 0.15) is 20.8 Å². The van der Waals surface area contributed by atoms with Crippen LogP contribution in [0.4, 0.5) is 22.2 Å². The summed E-state index contributed by atoms with van der Waals surface area (Å²) in [6, 6.07) is 16.9. The Morgan fingerprint density at radius 2 is 1.84 bits per heavy atom. The highest BCUT2D eigenvalue weighted by Gasteiger charge is 2.24. The van der Waals surface area contributed by atoms with Gasteiger partial charge in [0.25, 0.3) is 6.01 Å². The summed E-state index contributed by atoms with van der Waals surface area (Å²) < 4.78 is 27.3. The van der Waals surface area contributed by atoms with Crippen LogP contribution in [0.5, 0.6) is 0 Å². The number of carbonyl (C=O) groups excluding carboxylic acids is 1. The molecule has 1 unspecified atom stereocenters. The van der Waals surface area contributed by atoms with E-state index >= 15 is 0 Å². The standard InChI is InChI=1S/C23H24N4O4S/c1-23(2,3)31-22(28)27-18-11-6-5-8-15(18)12-19(27)20-14-24-21(30-20)25-16-9-7-10-17(13-16)26-32(4)29/h5-14,26H,1-4H3,(H,24,25). The minimum Gasteiger partial charge on any atom is -0.443 e. The lowest BCUT2D eigenvalue weighted by Crippen LogP contribution is -2.27. The van der Waals surface area contributed by atoms with E-state index in [4.69, 9.17) is 9.15 Å². The van der Waals surface area contributed by atoms with Gasteiger partial charge in [0.15, 0.2) is 5.76 Å². The number of nitrogens with zero attached hydrogens (tertiary/aromatic N) is 2. The van der Waals surface area contributed by atoms with E-state index in [-0.39, 0.29) is 6.01 Å². The van der Waals surface area contributed by atoms with E-state index in [0.717, 1.165) is 5.39 Å². The lowest BCUT2D eigenvalue weighted by Gasteiger charge is -2.20. The van der Waals surface area contributed by atoms with Gasteiger partial charge in [-0.3, -0.25) is 0 Å². The fourth-order valence-electron chi connectivity index (χ4n) is 3.24. The first-order valence-corrected chi connectivity index (χ1v) is 11.5. The molecule has 2 aromatic carbocycles. The number of benzene rings is 2. The van der Waals surface area contributed by atoms with E-state index in [1.54, 1.807) is 18.5 Å². The summed E-state index contributed by atoms with van der Waals surface area (Å²) in [7, 11) is -1.18. The van der Waals surface area contributed by atoms with Crippen molar-refractivity contribution in [3.63, 3.8) is 0 Å². The van der Waals surface area contributed by atoms with Gasteiger partial charge >= 0.3 is 6.09 Å². The van der Waals surface area contributed by atoms with Gasteiger partial charge in [-0.2, -0.15) is 0 Å². The van der Waals surface area contributed by atoms with Crippen LogP contribution in [-0.2, 0) is 15.7 Å². The molecule has 2 aromatic heterocycles. The predicted molar refractivity (Wildman–Crippen MR) is 126 cm³/mol. The van der Waals surface area contributed by atoms with Gasteiger partial charge in [0.05, 0.1) is 17.4 Å². The molecule has 2 heterocycles.